The van der Waals surface area contributed by atoms with E-state index in [0.717, 1.165) is 32.8 Å². The maximum absolute atomic E-state index is 6.27. The van der Waals surface area contributed by atoms with Crippen LogP contribution in [0.3, 0.4) is 0 Å². The molecule has 1 aromatic carbocycles. The zero-order chi connectivity index (χ0) is 11.0. The van der Waals surface area contributed by atoms with Gasteiger partial charge in [0.15, 0.2) is 0 Å². The van der Waals surface area contributed by atoms with Gasteiger partial charge in [-0.2, -0.15) is 0 Å². The molecule has 2 N–H and O–H groups in total. The van der Waals surface area contributed by atoms with Crippen LogP contribution in [0.25, 0.3) is 0 Å². The molecule has 16 heavy (non-hydrogen) atoms. The SMILES string of the molecule is NC(c1ccc2c(c1)COC2)C1CCOC1. The van der Waals surface area contributed by atoms with E-state index >= 15 is 0 Å². The lowest BCUT2D eigenvalue weighted by Gasteiger charge is -2.18. The first-order valence-electron chi connectivity index (χ1n) is 5.87. The highest BCUT2D eigenvalue weighted by Crippen LogP contribution is 2.29. The van der Waals surface area contributed by atoms with Gasteiger partial charge in [-0.1, -0.05) is 18.2 Å². The molecule has 2 atom stereocenters. The summed E-state index contributed by atoms with van der Waals surface area (Å²) in [7, 11) is 0. The van der Waals surface area contributed by atoms with Crippen molar-refractivity contribution < 1.29 is 9.47 Å². The fraction of sp³-hybridized carbons (Fsp3) is 0.538. The van der Waals surface area contributed by atoms with Crippen LogP contribution in [0.2, 0.25) is 0 Å². The average molecular weight is 219 g/mol. The fourth-order valence-corrected chi connectivity index (χ4v) is 2.51. The summed E-state index contributed by atoms with van der Waals surface area (Å²) in [5.74, 6) is 0.473. The molecule has 2 unspecified atom stereocenters. The Bertz CT molecular complexity index is 386. The highest BCUT2D eigenvalue weighted by molar-refractivity contribution is 5.34. The smallest absolute Gasteiger partial charge is 0.0725 e. The third-order valence-corrected chi connectivity index (χ3v) is 3.60. The molecule has 1 aromatic rings. The summed E-state index contributed by atoms with van der Waals surface area (Å²) >= 11 is 0. The van der Waals surface area contributed by atoms with Crippen LogP contribution in [0.1, 0.15) is 29.2 Å². The van der Waals surface area contributed by atoms with Crippen molar-refractivity contribution in [1.29, 1.82) is 0 Å². The molecule has 2 aliphatic heterocycles. The second-order valence-corrected chi connectivity index (χ2v) is 4.67. The van der Waals surface area contributed by atoms with Crippen LogP contribution < -0.4 is 5.73 Å². The van der Waals surface area contributed by atoms with Crippen LogP contribution in [0, 0.1) is 5.92 Å². The first kappa shape index (κ1) is 10.3. The molecule has 86 valence electrons. The summed E-state index contributed by atoms with van der Waals surface area (Å²) < 4.78 is 10.8. The molecule has 0 aliphatic carbocycles. The molecule has 2 aliphatic rings. The highest BCUT2D eigenvalue weighted by Gasteiger charge is 2.24. The van der Waals surface area contributed by atoms with Crippen LogP contribution in [-0.4, -0.2) is 13.2 Å². The van der Waals surface area contributed by atoms with Crippen LogP contribution in [0.4, 0.5) is 0 Å². The molecule has 3 rings (SSSR count). The van der Waals surface area contributed by atoms with Gasteiger partial charge in [0.05, 0.1) is 19.8 Å². The fourth-order valence-electron chi connectivity index (χ4n) is 2.51. The zero-order valence-electron chi connectivity index (χ0n) is 9.32. The molecule has 3 nitrogen and oxygen atoms in total. The molecule has 0 bridgehead atoms. The lowest BCUT2D eigenvalue weighted by Crippen LogP contribution is -2.21. The van der Waals surface area contributed by atoms with Crippen LogP contribution in [-0.2, 0) is 22.7 Å². The van der Waals surface area contributed by atoms with Crippen LogP contribution >= 0.6 is 0 Å². The minimum Gasteiger partial charge on any atom is -0.381 e. The number of hydrogen-bond donors (Lipinski definition) is 1. The monoisotopic (exact) mass is 219 g/mol. The van der Waals surface area contributed by atoms with E-state index in [1.54, 1.807) is 0 Å². The number of hydrogen-bond acceptors (Lipinski definition) is 3. The van der Waals surface area contributed by atoms with Crippen LogP contribution in [0.5, 0.6) is 0 Å². The van der Waals surface area contributed by atoms with E-state index in [2.05, 4.69) is 18.2 Å². The Kier molecular flexibility index (Phi) is 2.67. The van der Waals surface area contributed by atoms with Crippen molar-refractivity contribution in [3.63, 3.8) is 0 Å². The molecule has 3 heteroatoms. The largest absolute Gasteiger partial charge is 0.381 e. The normalized spacial score (nSPS) is 25.7. The van der Waals surface area contributed by atoms with E-state index in [4.69, 9.17) is 15.2 Å². The molecule has 1 fully saturated rings. The van der Waals surface area contributed by atoms with E-state index in [9.17, 15) is 0 Å². The zero-order valence-corrected chi connectivity index (χ0v) is 9.32. The predicted octanol–water partition coefficient (Wildman–Crippen LogP) is 1.75. The van der Waals surface area contributed by atoms with Crippen molar-refractivity contribution in [2.24, 2.45) is 11.7 Å². The van der Waals surface area contributed by atoms with Gasteiger partial charge >= 0.3 is 0 Å². The molecular formula is C13H17NO2. The van der Waals surface area contributed by atoms with Crippen molar-refractivity contribution in [1.82, 2.24) is 0 Å². The Morgan fingerprint density at radius 1 is 1.19 bits per heavy atom. The highest BCUT2D eigenvalue weighted by atomic mass is 16.5. The second kappa shape index (κ2) is 4.17. The van der Waals surface area contributed by atoms with Gasteiger partial charge < -0.3 is 15.2 Å². The molecule has 0 radical (unpaired) electrons. The van der Waals surface area contributed by atoms with Gasteiger partial charge in [-0.05, 0) is 23.1 Å². The minimum absolute atomic E-state index is 0.105. The quantitative estimate of drug-likeness (QED) is 0.824. The van der Waals surface area contributed by atoms with E-state index in [-0.39, 0.29) is 6.04 Å². The summed E-state index contributed by atoms with van der Waals surface area (Å²) in [6, 6.07) is 6.59. The van der Waals surface area contributed by atoms with E-state index in [1.165, 1.54) is 16.7 Å². The number of ether oxygens (including phenoxy) is 2. The summed E-state index contributed by atoms with van der Waals surface area (Å²) in [6.07, 6.45) is 1.08. The minimum atomic E-state index is 0.105. The molecule has 0 aromatic heterocycles. The lowest BCUT2D eigenvalue weighted by molar-refractivity contribution is 0.134. The number of rotatable bonds is 2. The summed E-state index contributed by atoms with van der Waals surface area (Å²) in [6.45, 7) is 3.13. The van der Waals surface area contributed by atoms with E-state index in [0.29, 0.717) is 5.92 Å². The Balaban J connectivity index is 1.83. The maximum Gasteiger partial charge on any atom is 0.0725 e. The Morgan fingerprint density at radius 3 is 2.88 bits per heavy atom. The van der Waals surface area contributed by atoms with Gasteiger partial charge in [-0.3, -0.25) is 0 Å². The molecule has 2 heterocycles. The van der Waals surface area contributed by atoms with Gasteiger partial charge in [0.2, 0.25) is 0 Å². The number of nitrogens with two attached hydrogens (primary N) is 1. The molecule has 0 spiro atoms. The van der Waals surface area contributed by atoms with Crippen molar-refractivity contribution >= 4 is 0 Å². The van der Waals surface area contributed by atoms with Crippen molar-refractivity contribution in [2.75, 3.05) is 13.2 Å². The molecular weight excluding hydrogens is 202 g/mol. The molecule has 0 amide bonds. The summed E-state index contributed by atoms with van der Waals surface area (Å²) in [5, 5.41) is 0. The summed E-state index contributed by atoms with van der Waals surface area (Å²) in [5.41, 5.74) is 10.1. The molecule has 1 saturated heterocycles. The van der Waals surface area contributed by atoms with E-state index in [1.807, 2.05) is 0 Å². The van der Waals surface area contributed by atoms with E-state index < -0.39 is 0 Å². The third kappa shape index (κ3) is 1.75. The van der Waals surface area contributed by atoms with Gasteiger partial charge in [-0.15, -0.1) is 0 Å². The third-order valence-electron chi connectivity index (χ3n) is 3.60. The lowest BCUT2D eigenvalue weighted by atomic mass is 9.91. The average Bonchev–Trinajstić information content (AvgIpc) is 2.98. The van der Waals surface area contributed by atoms with Crippen LogP contribution in [0.15, 0.2) is 18.2 Å². The van der Waals surface area contributed by atoms with Crippen molar-refractivity contribution in [3.8, 4) is 0 Å². The Morgan fingerprint density at radius 2 is 2.06 bits per heavy atom. The molecule has 0 saturated carbocycles. The second-order valence-electron chi connectivity index (χ2n) is 4.67. The van der Waals surface area contributed by atoms with Gasteiger partial charge in [0.25, 0.3) is 0 Å². The first-order chi connectivity index (χ1) is 7.84. The maximum atomic E-state index is 6.27. The predicted molar refractivity (Wildman–Crippen MR) is 60.8 cm³/mol. The number of benzene rings is 1. The summed E-state index contributed by atoms with van der Waals surface area (Å²) in [4.78, 5) is 0. The topological polar surface area (TPSA) is 44.5 Å². The van der Waals surface area contributed by atoms with Gasteiger partial charge in [0, 0.05) is 18.6 Å². The van der Waals surface area contributed by atoms with Gasteiger partial charge in [0.1, 0.15) is 0 Å². The van der Waals surface area contributed by atoms with Gasteiger partial charge in [-0.25, -0.2) is 0 Å². The van der Waals surface area contributed by atoms with Crippen molar-refractivity contribution in [2.45, 2.75) is 25.7 Å². The first-order valence-corrected chi connectivity index (χ1v) is 5.87. The van der Waals surface area contributed by atoms with Crippen molar-refractivity contribution in [3.05, 3.63) is 34.9 Å². The standard InChI is InChI=1S/C13H17NO2/c14-13(11-3-4-15-7-11)9-1-2-10-6-16-8-12(10)5-9/h1-2,5,11,13H,3-4,6-8,14H2. The number of fused-ring (bicyclic) bond motifs is 1. The Labute approximate surface area is 95.5 Å². The Hall–Kier alpha value is -0.900.